The van der Waals surface area contributed by atoms with E-state index in [2.05, 4.69) is 44.0 Å². The van der Waals surface area contributed by atoms with Crippen LogP contribution in [0.25, 0.3) is 0 Å². The average Bonchev–Trinajstić information content (AvgIpc) is 2.18. The Morgan fingerprint density at radius 1 is 1.29 bits per heavy atom. The number of aryl methyl sites for hydroxylation is 1. The first kappa shape index (κ1) is 12.1. The van der Waals surface area contributed by atoms with E-state index in [1.165, 1.54) is 18.4 Å². The molecule has 0 aliphatic carbocycles. The summed E-state index contributed by atoms with van der Waals surface area (Å²) < 4.78 is 6.21. The quantitative estimate of drug-likeness (QED) is 0.584. The van der Waals surface area contributed by atoms with Crippen molar-refractivity contribution in [3.8, 4) is 5.75 Å². The van der Waals surface area contributed by atoms with Crippen molar-refractivity contribution in [2.75, 3.05) is 12.4 Å². The summed E-state index contributed by atoms with van der Waals surface area (Å²) in [7, 11) is 1.69. The van der Waals surface area contributed by atoms with Crippen molar-refractivity contribution in [1.82, 2.24) is 0 Å². The van der Waals surface area contributed by atoms with Crippen molar-refractivity contribution in [2.24, 2.45) is 0 Å². The molecular formula is C11H14Br2O. The van der Waals surface area contributed by atoms with Crippen LogP contribution < -0.4 is 4.74 Å². The summed E-state index contributed by atoms with van der Waals surface area (Å²) in [6, 6.07) is 6.26. The Kier molecular flexibility index (Phi) is 5.56. The van der Waals surface area contributed by atoms with Gasteiger partial charge in [0.1, 0.15) is 5.75 Å². The molecule has 0 atom stereocenters. The van der Waals surface area contributed by atoms with Crippen molar-refractivity contribution in [1.29, 1.82) is 0 Å². The van der Waals surface area contributed by atoms with E-state index in [0.29, 0.717) is 0 Å². The highest BCUT2D eigenvalue weighted by atomic mass is 79.9. The molecule has 0 radical (unpaired) electrons. The Morgan fingerprint density at radius 3 is 2.64 bits per heavy atom. The average molecular weight is 322 g/mol. The van der Waals surface area contributed by atoms with Crippen LogP contribution in [0, 0.1) is 0 Å². The number of hydrogen-bond donors (Lipinski definition) is 0. The van der Waals surface area contributed by atoms with Crippen LogP contribution in [0.1, 0.15) is 18.4 Å². The first-order valence-electron chi connectivity index (χ1n) is 4.66. The second-order valence-corrected chi connectivity index (χ2v) is 4.76. The van der Waals surface area contributed by atoms with Crippen molar-refractivity contribution in [3.63, 3.8) is 0 Å². The summed E-state index contributed by atoms with van der Waals surface area (Å²) in [5, 5.41) is 1.09. The Balaban J connectivity index is 2.57. The molecule has 0 aliphatic heterocycles. The van der Waals surface area contributed by atoms with Gasteiger partial charge in [-0.1, -0.05) is 22.0 Å². The van der Waals surface area contributed by atoms with Crippen LogP contribution >= 0.6 is 31.9 Å². The number of methoxy groups -OCH3 is 1. The molecule has 0 fully saturated rings. The van der Waals surface area contributed by atoms with Crippen molar-refractivity contribution in [2.45, 2.75) is 19.3 Å². The number of unbranched alkanes of at least 4 members (excludes halogenated alkanes) is 1. The van der Waals surface area contributed by atoms with E-state index in [9.17, 15) is 0 Å². The van der Waals surface area contributed by atoms with Gasteiger partial charge in [-0.25, -0.2) is 0 Å². The van der Waals surface area contributed by atoms with E-state index < -0.39 is 0 Å². The van der Waals surface area contributed by atoms with Gasteiger partial charge in [-0.3, -0.25) is 0 Å². The summed E-state index contributed by atoms with van der Waals surface area (Å²) in [5.41, 5.74) is 1.36. The molecule has 0 aromatic heterocycles. The number of ether oxygens (including phenoxy) is 1. The highest BCUT2D eigenvalue weighted by Crippen LogP contribution is 2.26. The van der Waals surface area contributed by atoms with Gasteiger partial charge in [-0.2, -0.15) is 0 Å². The van der Waals surface area contributed by atoms with E-state index >= 15 is 0 Å². The Labute approximate surface area is 102 Å². The molecule has 1 aromatic rings. The lowest BCUT2D eigenvalue weighted by Gasteiger charge is -2.05. The van der Waals surface area contributed by atoms with Crippen LogP contribution in [0.5, 0.6) is 5.75 Å². The van der Waals surface area contributed by atoms with E-state index in [0.717, 1.165) is 22.0 Å². The predicted octanol–water partition coefficient (Wildman–Crippen LogP) is 4.18. The first-order chi connectivity index (χ1) is 6.77. The second-order valence-electron chi connectivity index (χ2n) is 3.11. The summed E-state index contributed by atoms with van der Waals surface area (Å²) in [5.74, 6) is 0.897. The molecule has 0 amide bonds. The molecule has 0 bridgehead atoms. The number of benzene rings is 1. The summed E-state index contributed by atoms with van der Waals surface area (Å²) >= 11 is 6.91. The van der Waals surface area contributed by atoms with E-state index in [4.69, 9.17) is 4.74 Å². The number of halogens is 2. The summed E-state index contributed by atoms with van der Waals surface area (Å²) in [6.45, 7) is 0. The Morgan fingerprint density at radius 2 is 2.07 bits per heavy atom. The lowest BCUT2D eigenvalue weighted by atomic mass is 10.1. The standard InChI is InChI=1S/C11H14Br2O/c1-14-11-6-5-9(8-10(11)13)4-2-3-7-12/h5-6,8H,2-4,7H2,1H3. The zero-order valence-electron chi connectivity index (χ0n) is 8.22. The van der Waals surface area contributed by atoms with Crippen molar-refractivity contribution < 1.29 is 4.74 Å². The van der Waals surface area contributed by atoms with Gasteiger partial charge in [0.2, 0.25) is 0 Å². The molecule has 78 valence electrons. The maximum atomic E-state index is 5.17. The highest BCUT2D eigenvalue weighted by molar-refractivity contribution is 9.10. The van der Waals surface area contributed by atoms with Gasteiger partial charge >= 0.3 is 0 Å². The highest BCUT2D eigenvalue weighted by Gasteiger charge is 2.00. The third-order valence-electron chi connectivity index (χ3n) is 2.07. The van der Waals surface area contributed by atoms with Gasteiger partial charge < -0.3 is 4.74 Å². The Hall–Kier alpha value is -0.0200. The fraction of sp³-hybridized carbons (Fsp3) is 0.455. The van der Waals surface area contributed by atoms with E-state index in [1.54, 1.807) is 7.11 Å². The number of alkyl halides is 1. The van der Waals surface area contributed by atoms with Crippen molar-refractivity contribution in [3.05, 3.63) is 28.2 Å². The lowest BCUT2D eigenvalue weighted by Crippen LogP contribution is -1.89. The molecule has 0 aliphatic rings. The second kappa shape index (κ2) is 6.46. The zero-order chi connectivity index (χ0) is 10.4. The molecule has 1 nitrogen and oxygen atoms in total. The maximum absolute atomic E-state index is 5.17. The molecule has 0 saturated carbocycles. The molecule has 0 spiro atoms. The minimum Gasteiger partial charge on any atom is -0.496 e. The monoisotopic (exact) mass is 320 g/mol. The zero-order valence-corrected chi connectivity index (χ0v) is 11.4. The minimum absolute atomic E-state index is 0.897. The summed E-state index contributed by atoms with van der Waals surface area (Å²) in [6.07, 6.45) is 3.59. The Bertz CT molecular complexity index is 287. The smallest absolute Gasteiger partial charge is 0.133 e. The van der Waals surface area contributed by atoms with Crippen LogP contribution in [0.15, 0.2) is 22.7 Å². The van der Waals surface area contributed by atoms with Crippen LogP contribution in [0.3, 0.4) is 0 Å². The molecular weight excluding hydrogens is 308 g/mol. The molecule has 0 heterocycles. The van der Waals surface area contributed by atoms with Crippen LogP contribution in [0.2, 0.25) is 0 Å². The van der Waals surface area contributed by atoms with Gasteiger partial charge in [0.05, 0.1) is 11.6 Å². The normalized spacial score (nSPS) is 10.2. The van der Waals surface area contributed by atoms with Crippen molar-refractivity contribution >= 4 is 31.9 Å². The fourth-order valence-electron chi connectivity index (χ4n) is 1.29. The third kappa shape index (κ3) is 3.62. The lowest BCUT2D eigenvalue weighted by molar-refractivity contribution is 0.412. The van der Waals surface area contributed by atoms with Crippen LogP contribution in [-0.4, -0.2) is 12.4 Å². The largest absolute Gasteiger partial charge is 0.496 e. The minimum atomic E-state index is 0.897. The maximum Gasteiger partial charge on any atom is 0.133 e. The molecule has 3 heteroatoms. The number of hydrogen-bond acceptors (Lipinski definition) is 1. The molecule has 1 aromatic carbocycles. The SMILES string of the molecule is COc1ccc(CCCCBr)cc1Br. The van der Waals surface area contributed by atoms with Crippen LogP contribution in [-0.2, 0) is 6.42 Å². The van der Waals surface area contributed by atoms with Crippen LogP contribution in [0.4, 0.5) is 0 Å². The molecule has 0 N–H and O–H groups in total. The van der Waals surface area contributed by atoms with E-state index in [-0.39, 0.29) is 0 Å². The first-order valence-corrected chi connectivity index (χ1v) is 6.57. The van der Waals surface area contributed by atoms with Gasteiger partial charge in [0.15, 0.2) is 0 Å². The molecule has 0 saturated heterocycles. The predicted molar refractivity (Wildman–Crippen MR) is 67.4 cm³/mol. The third-order valence-corrected chi connectivity index (χ3v) is 3.25. The van der Waals surface area contributed by atoms with Gasteiger partial charge in [0, 0.05) is 5.33 Å². The summed E-state index contributed by atoms with van der Waals surface area (Å²) in [4.78, 5) is 0. The molecule has 14 heavy (non-hydrogen) atoms. The van der Waals surface area contributed by atoms with E-state index in [1.807, 2.05) is 6.07 Å². The van der Waals surface area contributed by atoms with Gasteiger partial charge in [0.25, 0.3) is 0 Å². The topological polar surface area (TPSA) is 9.23 Å². The fourth-order valence-corrected chi connectivity index (χ4v) is 2.27. The van der Waals surface area contributed by atoms with Gasteiger partial charge in [-0.15, -0.1) is 0 Å². The number of rotatable bonds is 5. The van der Waals surface area contributed by atoms with Gasteiger partial charge in [-0.05, 0) is 52.9 Å². The molecule has 1 rings (SSSR count). The molecule has 0 unspecified atom stereocenters.